The first kappa shape index (κ1) is 19.0. The van der Waals surface area contributed by atoms with Crippen molar-refractivity contribution in [2.75, 3.05) is 6.61 Å². The highest BCUT2D eigenvalue weighted by molar-refractivity contribution is 5.77. The van der Waals surface area contributed by atoms with Gasteiger partial charge in [0.2, 0.25) is 5.89 Å². The molecule has 5 nitrogen and oxygen atoms in total. The average molecular weight is 388 g/mol. The van der Waals surface area contributed by atoms with E-state index in [-0.39, 0.29) is 0 Å². The first-order valence-electron chi connectivity index (χ1n) is 9.83. The molecule has 29 heavy (non-hydrogen) atoms. The molecule has 0 fully saturated rings. The maximum absolute atomic E-state index is 5.93. The van der Waals surface area contributed by atoms with Crippen LogP contribution in [-0.4, -0.2) is 16.6 Å². The van der Waals surface area contributed by atoms with Crippen LogP contribution in [0.3, 0.4) is 0 Å². The van der Waals surface area contributed by atoms with Crippen LogP contribution in [0.15, 0.2) is 71.4 Å². The highest BCUT2D eigenvalue weighted by atomic mass is 16.5. The molecule has 0 atom stereocenters. The Hall–Kier alpha value is -3.34. The van der Waals surface area contributed by atoms with Gasteiger partial charge in [-0.1, -0.05) is 26.0 Å². The Bertz CT molecular complexity index is 1060. The maximum atomic E-state index is 5.93. The van der Waals surface area contributed by atoms with Gasteiger partial charge in [0.1, 0.15) is 23.6 Å². The number of oxazole rings is 1. The molecule has 4 rings (SSSR count). The van der Waals surface area contributed by atoms with E-state index in [1.165, 1.54) is 0 Å². The van der Waals surface area contributed by atoms with Gasteiger partial charge in [0.05, 0.1) is 12.2 Å². The molecule has 0 aliphatic carbocycles. The summed E-state index contributed by atoms with van der Waals surface area (Å²) in [6.07, 6.45) is 4.51. The lowest BCUT2D eigenvalue weighted by Gasteiger charge is -2.09. The van der Waals surface area contributed by atoms with E-state index in [4.69, 9.17) is 13.9 Å². The molecule has 2 heterocycles. The minimum Gasteiger partial charge on any atom is -0.494 e. The minimum atomic E-state index is 0.477. The fraction of sp³-hybridized carbons (Fsp3) is 0.250. The molecule has 0 radical (unpaired) electrons. The monoisotopic (exact) mass is 388 g/mol. The summed E-state index contributed by atoms with van der Waals surface area (Å²) >= 11 is 0. The first-order valence-corrected chi connectivity index (χ1v) is 9.83. The van der Waals surface area contributed by atoms with Gasteiger partial charge in [-0.3, -0.25) is 4.98 Å². The van der Waals surface area contributed by atoms with Crippen LogP contribution in [-0.2, 0) is 6.61 Å². The van der Waals surface area contributed by atoms with Crippen LogP contribution in [0, 0.1) is 5.92 Å². The van der Waals surface area contributed by atoms with Crippen molar-refractivity contribution in [1.82, 2.24) is 9.97 Å². The highest BCUT2D eigenvalue weighted by Crippen LogP contribution is 2.27. The van der Waals surface area contributed by atoms with Crippen LogP contribution in [0.1, 0.15) is 25.8 Å². The third-order valence-electron chi connectivity index (χ3n) is 4.56. The Morgan fingerprint density at radius 1 is 0.966 bits per heavy atom. The van der Waals surface area contributed by atoms with Gasteiger partial charge in [-0.2, -0.15) is 0 Å². The molecule has 0 saturated heterocycles. The van der Waals surface area contributed by atoms with Crippen LogP contribution in [0.25, 0.3) is 22.6 Å². The average Bonchev–Trinajstić information content (AvgIpc) is 3.17. The summed E-state index contributed by atoms with van der Waals surface area (Å²) in [6.45, 7) is 5.61. The summed E-state index contributed by atoms with van der Waals surface area (Å²) in [7, 11) is 0. The second-order valence-corrected chi connectivity index (χ2v) is 7.35. The third-order valence-corrected chi connectivity index (χ3v) is 4.56. The number of hydrogen-bond acceptors (Lipinski definition) is 5. The molecule has 2 aromatic heterocycles. The lowest BCUT2D eigenvalue weighted by Crippen LogP contribution is -2.01. The summed E-state index contributed by atoms with van der Waals surface area (Å²) in [6, 6.07) is 17.5. The van der Waals surface area contributed by atoms with Gasteiger partial charge in [-0.25, -0.2) is 4.98 Å². The molecule has 0 saturated carbocycles. The Morgan fingerprint density at radius 3 is 2.55 bits per heavy atom. The van der Waals surface area contributed by atoms with Crippen LogP contribution in [0.2, 0.25) is 0 Å². The standard InChI is InChI=1S/C24H24N2O3/c1-17(2)11-13-27-20-7-5-18(6-8-20)16-28-21-9-10-23-22(14-21)26-24(29-23)19-4-3-12-25-15-19/h3-10,12,14-15,17H,11,13,16H2,1-2H3. The van der Waals surface area contributed by atoms with Gasteiger partial charge in [0.15, 0.2) is 5.58 Å². The number of benzene rings is 2. The normalized spacial score (nSPS) is 11.1. The predicted octanol–water partition coefficient (Wildman–Crippen LogP) is 5.89. The number of aromatic nitrogens is 2. The molecule has 148 valence electrons. The lowest BCUT2D eigenvalue weighted by atomic mass is 10.1. The number of hydrogen-bond donors (Lipinski definition) is 0. The Balaban J connectivity index is 1.38. The molecule has 0 unspecified atom stereocenters. The summed E-state index contributed by atoms with van der Waals surface area (Å²) in [5, 5.41) is 0. The summed E-state index contributed by atoms with van der Waals surface area (Å²) in [4.78, 5) is 8.66. The van der Waals surface area contributed by atoms with Crippen LogP contribution < -0.4 is 9.47 Å². The van der Waals surface area contributed by atoms with Crippen molar-refractivity contribution in [3.8, 4) is 23.0 Å². The smallest absolute Gasteiger partial charge is 0.228 e. The van der Waals surface area contributed by atoms with Crippen molar-refractivity contribution in [1.29, 1.82) is 0 Å². The van der Waals surface area contributed by atoms with Gasteiger partial charge >= 0.3 is 0 Å². The summed E-state index contributed by atoms with van der Waals surface area (Å²) in [5.74, 6) is 2.84. The van der Waals surface area contributed by atoms with Gasteiger partial charge < -0.3 is 13.9 Å². The second kappa shape index (κ2) is 8.78. The zero-order valence-electron chi connectivity index (χ0n) is 16.7. The van der Waals surface area contributed by atoms with E-state index < -0.39 is 0 Å². The third kappa shape index (κ3) is 4.93. The second-order valence-electron chi connectivity index (χ2n) is 7.35. The SMILES string of the molecule is CC(C)CCOc1ccc(COc2ccc3oc(-c4cccnc4)nc3c2)cc1. The van der Waals surface area contributed by atoms with E-state index in [0.29, 0.717) is 18.4 Å². The zero-order chi connectivity index (χ0) is 20.1. The zero-order valence-corrected chi connectivity index (χ0v) is 16.7. The van der Waals surface area contributed by atoms with Gasteiger partial charge in [0, 0.05) is 18.5 Å². The quantitative estimate of drug-likeness (QED) is 0.376. The van der Waals surface area contributed by atoms with Gasteiger partial charge in [-0.05, 0) is 54.3 Å². The van der Waals surface area contributed by atoms with E-state index in [9.17, 15) is 0 Å². The molecular formula is C24H24N2O3. The highest BCUT2D eigenvalue weighted by Gasteiger charge is 2.09. The largest absolute Gasteiger partial charge is 0.494 e. The van der Waals surface area contributed by atoms with Crippen LogP contribution in [0.5, 0.6) is 11.5 Å². The molecule has 0 aliphatic heterocycles. The van der Waals surface area contributed by atoms with E-state index >= 15 is 0 Å². The van der Waals surface area contributed by atoms with E-state index in [1.807, 2.05) is 54.6 Å². The Morgan fingerprint density at radius 2 is 1.79 bits per heavy atom. The van der Waals surface area contributed by atoms with Crippen molar-refractivity contribution in [3.05, 3.63) is 72.6 Å². The molecule has 0 bridgehead atoms. The van der Waals surface area contributed by atoms with E-state index in [2.05, 4.69) is 23.8 Å². The number of nitrogens with zero attached hydrogens (tertiary/aromatic N) is 2. The molecule has 0 spiro atoms. The molecule has 5 heteroatoms. The summed E-state index contributed by atoms with van der Waals surface area (Å²) in [5.41, 5.74) is 3.41. The van der Waals surface area contributed by atoms with E-state index in [1.54, 1.807) is 12.4 Å². The lowest BCUT2D eigenvalue weighted by molar-refractivity contribution is 0.288. The fourth-order valence-corrected chi connectivity index (χ4v) is 2.87. The molecule has 4 aromatic rings. The fourth-order valence-electron chi connectivity index (χ4n) is 2.87. The van der Waals surface area contributed by atoms with Crippen LogP contribution in [0.4, 0.5) is 0 Å². The molecule has 0 amide bonds. The van der Waals surface area contributed by atoms with Gasteiger partial charge in [0.25, 0.3) is 0 Å². The Kier molecular flexibility index (Phi) is 5.75. The van der Waals surface area contributed by atoms with Crippen molar-refractivity contribution in [3.63, 3.8) is 0 Å². The van der Waals surface area contributed by atoms with Crippen molar-refractivity contribution < 1.29 is 13.9 Å². The first-order chi connectivity index (χ1) is 14.2. The number of ether oxygens (including phenoxy) is 2. The van der Waals surface area contributed by atoms with Gasteiger partial charge in [-0.15, -0.1) is 0 Å². The molecule has 0 aliphatic rings. The van der Waals surface area contributed by atoms with Crippen LogP contribution >= 0.6 is 0 Å². The van der Waals surface area contributed by atoms with Crippen molar-refractivity contribution in [2.45, 2.75) is 26.9 Å². The summed E-state index contributed by atoms with van der Waals surface area (Å²) < 4.78 is 17.5. The number of fused-ring (bicyclic) bond motifs is 1. The minimum absolute atomic E-state index is 0.477. The maximum Gasteiger partial charge on any atom is 0.228 e. The number of rotatable bonds is 8. The molecular weight excluding hydrogens is 364 g/mol. The van der Waals surface area contributed by atoms with Crippen molar-refractivity contribution in [2.24, 2.45) is 5.92 Å². The van der Waals surface area contributed by atoms with Crippen molar-refractivity contribution >= 4 is 11.1 Å². The Labute approximate surface area is 170 Å². The molecule has 0 N–H and O–H groups in total. The predicted molar refractivity (Wildman–Crippen MR) is 113 cm³/mol. The number of pyridine rings is 1. The van der Waals surface area contributed by atoms with E-state index in [0.717, 1.165) is 46.8 Å². The topological polar surface area (TPSA) is 57.4 Å². The molecule has 2 aromatic carbocycles.